The number of aromatic nitrogens is 5. The molecule has 0 aliphatic heterocycles. The van der Waals surface area contributed by atoms with Crippen molar-refractivity contribution in [2.45, 2.75) is 6.54 Å². The molecule has 0 atom stereocenters. The Hall–Kier alpha value is -3.48. The zero-order valence-electron chi connectivity index (χ0n) is 13.6. The minimum absolute atomic E-state index is 0.123. The summed E-state index contributed by atoms with van der Waals surface area (Å²) in [5.41, 5.74) is 3.12. The third kappa shape index (κ3) is 2.87. The fourth-order valence-corrected chi connectivity index (χ4v) is 2.69. The van der Waals surface area contributed by atoms with Crippen LogP contribution in [0.25, 0.3) is 11.3 Å². The van der Waals surface area contributed by atoms with E-state index >= 15 is 0 Å². The van der Waals surface area contributed by atoms with Gasteiger partial charge in [-0.2, -0.15) is 10.2 Å². The van der Waals surface area contributed by atoms with Gasteiger partial charge in [-0.15, -0.1) is 0 Å². The van der Waals surface area contributed by atoms with Crippen LogP contribution >= 0.6 is 0 Å². The van der Waals surface area contributed by atoms with Gasteiger partial charge < -0.3 is 4.90 Å². The molecule has 0 spiro atoms. The Bertz CT molecular complexity index is 1000. The average molecular weight is 332 g/mol. The normalized spacial score (nSPS) is 10.9. The van der Waals surface area contributed by atoms with Crippen LogP contribution in [0.5, 0.6) is 0 Å². The lowest BCUT2D eigenvalue weighted by Gasteiger charge is -2.17. The van der Waals surface area contributed by atoms with E-state index in [9.17, 15) is 4.79 Å². The summed E-state index contributed by atoms with van der Waals surface area (Å²) in [6.45, 7) is 0.498. The Morgan fingerprint density at radius 2 is 1.88 bits per heavy atom. The molecule has 0 aliphatic carbocycles. The number of hydrogen-bond acceptors (Lipinski definition) is 4. The molecule has 124 valence electrons. The van der Waals surface area contributed by atoms with E-state index in [1.54, 1.807) is 45.8 Å². The molecule has 3 aromatic heterocycles. The van der Waals surface area contributed by atoms with Crippen molar-refractivity contribution >= 4 is 11.6 Å². The van der Waals surface area contributed by atoms with Crippen molar-refractivity contribution in [2.75, 3.05) is 7.05 Å². The van der Waals surface area contributed by atoms with E-state index in [2.05, 4.69) is 15.2 Å². The first kappa shape index (κ1) is 15.1. The minimum atomic E-state index is -0.123. The molecular weight excluding hydrogens is 316 g/mol. The van der Waals surface area contributed by atoms with Gasteiger partial charge in [-0.25, -0.2) is 14.2 Å². The van der Waals surface area contributed by atoms with Crippen LogP contribution in [-0.2, 0) is 6.54 Å². The number of benzene rings is 1. The van der Waals surface area contributed by atoms with Crippen LogP contribution in [0.1, 0.15) is 16.1 Å². The number of carbonyl (C=O) groups excluding carboxylic acids is 1. The van der Waals surface area contributed by atoms with Crippen LogP contribution < -0.4 is 0 Å². The lowest BCUT2D eigenvalue weighted by atomic mass is 10.2. The number of imidazole rings is 1. The molecule has 1 amide bonds. The number of amides is 1. The molecule has 25 heavy (non-hydrogen) atoms. The summed E-state index contributed by atoms with van der Waals surface area (Å²) in [5.74, 6) is -0.123. The minimum Gasteiger partial charge on any atom is -0.336 e. The van der Waals surface area contributed by atoms with Crippen LogP contribution in [0, 0.1) is 0 Å². The van der Waals surface area contributed by atoms with Crippen molar-refractivity contribution in [3.63, 3.8) is 0 Å². The second-order valence-electron chi connectivity index (χ2n) is 5.72. The summed E-state index contributed by atoms with van der Waals surface area (Å²) in [4.78, 5) is 18.6. The fourth-order valence-electron chi connectivity index (χ4n) is 2.69. The molecular formula is C18H16N6O. The predicted octanol–water partition coefficient (Wildman–Crippen LogP) is 2.19. The first-order valence-electron chi connectivity index (χ1n) is 7.85. The summed E-state index contributed by atoms with van der Waals surface area (Å²) in [7, 11) is 1.77. The first-order chi connectivity index (χ1) is 12.2. The van der Waals surface area contributed by atoms with Gasteiger partial charge in [0.25, 0.3) is 5.91 Å². The van der Waals surface area contributed by atoms with Gasteiger partial charge in [0.05, 0.1) is 11.9 Å². The van der Waals surface area contributed by atoms with E-state index in [1.165, 1.54) is 0 Å². The highest BCUT2D eigenvalue weighted by molar-refractivity contribution is 5.92. The van der Waals surface area contributed by atoms with Crippen molar-refractivity contribution in [1.82, 2.24) is 29.3 Å². The van der Waals surface area contributed by atoms with E-state index < -0.39 is 0 Å². The summed E-state index contributed by atoms with van der Waals surface area (Å²) < 4.78 is 3.35. The summed E-state index contributed by atoms with van der Waals surface area (Å²) in [5, 5.41) is 8.39. The standard InChI is InChI=1S/C18H16N6O/c1-22(18(25)16-12-19-17-4-2-9-21-24(16)17)13-14-5-7-15(8-6-14)23-11-3-10-20-23/h2-12H,13H2,1H3. The Labute approximate surface area is 144 Å². The Balaban J connectivity index is 1.51. The molecule has 7 heteroatoms. The summed E-state index contributed by atoms with van der Waals surface area (Å²) in [6, 6.07) is 13.4. The van der Waals surface area contributed by atoms with Crippen molar-refractivity contribution in [1.29, 1.82) is 0 Å². The fraction of sp³-hybridized carbons (Fsp3) is 0.111. The highest BCUT2D eigenvalue weighted by atomic mass is 16.2. The highest BCUT2D eigenvalue weighted by Crippen LogP contribution is 2.12. The van der Waals surface area contributed by atoms with Gasteiger partial charge in [-0.3, -0.25) is 4.79 Å². The van der Waals surface area contributed by atoms with Crippen LogP contribution in [0.15, 0.2) is 67.3 Å². The first-order valence-corrected chi connectivity index (χ1v) is 7.85. The number of fused-ring (bicyclic) bond motifs is 1. The zero-order valence-corrected chi connectivity index (χ0v) is 13.6. The van der Waals surface area contributed by atoms with Gasteiger partial charge in [0.15, 0.2) is 11.3 Å². The molecule has 0 N–H and O–H groups in total. The Morgan fingerprint density at radius 3 is 2.64 bits per heavy atom. The topological polar surface area (TPSA) is 68.3 Å². The molecule has 1 aromatic carbocycles. The molecule has 0 saturated heterocycles. The number of hydrogen-bond donors (Lipinski definition) is 0. The van der Waals surface area contributed by atoms with E-state index in [1.807, 2.05) is 42.6 Å². The van der Waals surface area contributed by atoms with Gasteiger partial charge >= 0.3 is 0 Å². The van der Waals surface area contributed by atoms with Crippen molar-refractivity contribution < 1.29 is 4.79 Å². The SMILES string of the molecule is CN(Cc1ccc(-n2cccn2)cc1)C(=O)c1cnc2cccnn12. The molecule has 0 saturated carbocycles. The quantitative estimate of drug-likeness (QED) is 0.574. The van der Waals surface area contributed by atoms with Crippen LogP contribution in [0.4, 0.5) is 0 Å². The highest BCUT2D eigenvalue weighted by Gasteiger charge is 2.17. The van der Waals surface area contributed by atoms with E-state index in [-0.39, 0.29) is 5.91 Å². The second-order valence-corrected chi connectivity index (χ2v) is 5.72. The third-order valence-corrected chi connectivity index (χ3v) is 3.97. The molecule has 0 aliphatic rings. The Kier molecular flexibility index (Phi) is 3.74. The monoisotopic (exact) mass is 332 g/mol. The lowest BCUT2D eigenvalue weighted by Crippen LogP contribution is -2.27. The lowest BCUT2D eigenvalue weighted by molar-refractivity contribution is 0.0777. The third-order valence-electron chi connectivity index (χ3n) is 3.97. The Morgan fingerprint density at radius 1 is 1.08 bits per heavy atom. The van der Waals surface area contributed by atoms with E-state index in [4.69, 9.17) is 0 Å². The molecule has 0 bridgehead atoms. The number of rotatable bonds is 4. The van der Waals surface area contributed by atoms with Gasteiger partial charge in [0, 0.05) is 32.2 Å². The largest absolute Gasteiger partial charge is 0.336 e. The van der Waals surface area contributed by atoms with E-state index in [0.717, 1.165) is 11.3 Å². The van der Waals surface area contributed by atoms with Crippen molar-refractivity contribution in [3.05, 3.63) is 78.5 Å². The van der Waals surface area contributed by atoms with E-state index in [0.29, 0.717) is 17.9 Å². The molecule has 7 nitrogen and oxygen atoms in total. The number of nitrogens with zero attached hydrogens (tertiary/aromatic N) is 6. The van der Waals surface area contributed by atoms with Gasteiger partial charge in [0.2, 0.25) is 0 Å². The van der Waals surface area contributed by atoms with Crippen LogP contribution in [0.3, 0.4) is 0 Å². The maximum Gasteiger partial charge on any atom is 0.274 e. The molecule has 0 fully saturated rings. The van der Waals surface area contributed by atoms with Gasteiger partial charge in [-0.05, 0) is 35.9 Å². The average Bonchev–Trinajstić information content (AvgIpc) is 3.31. The maximum atomic E-state index is 12.7. The molecule has 4 aromatic rings. The smallest absolute Gasteiger partial charge is 0.274 e. The predicted molar refractivity (Wildman–Crippen MR) is 92.3 cm³/mol. The molecule has 0 unspecified atom stereocenters. The van der Waals surface area contributed by atoms with Crippen LogP contribution in [0.2, 0.25) is 0 Å². The molecule has 4 rings (SSSR count). The summed E-state index contributed by atoms with van der Waals surface area (Å²) in [6.07, 6.45) is 6.83. The maximum absolute atomic E-state index is 12.7. The van der Waals surface area contributed by atoms with Gasteiger partial charge in [-0.1, -0.05) is 12.1 Å². The molecule has 3 heterocycles. The van der Waals surface area contributed by atoms with Crippen molar-refractivity contribution in [2.24, 2.45) is 0 Å². The zero-order chi connectivity index (χ0) is 17.2. The van der Waals surface area contributed by atoms with Crippen LogP contribution in [-0.4, -0.2) is 42.2 Å². The summed E-state index contributed by atoms with van der Waals surface area (Å²) >= 11 is 0. The molecule has 0 radical (unpaired) electrons. The second kappa shape index (κ2) is 6.20. The van der Waals surface area contributed by atoms with Gasteiger partial charge in [0.1, 0.15) is 0 Å². The van der Waals surface area contributed by atoms with Crippen molar-refractivity contribution in [3.8, 4) is 5.69 Å². The number of carbonyl (C=O) groups is 1.